The Labute approximate surface area is 224 Å². The van der Waals surface area contributed by atoms with E-state index in [2.05, 4.69) is 30.6 Å². The zero-order valence-electron chi connectivity index (χ0n) is 16.8. The molecule has 0 aliphatic heterocycles. The molecular weight excluding hydrogens is 509 g/mol. The number of nitrogen functional groups attached to an aromatic ring is 1. The first-order valence-corrected chi connectivity index (χ1v) is 9.33. The number of carboxylic acids is 2. The van der Waals surface area contributed by atoms with Gasteiger partial charge in [-0.2, -0.15) is 4.98 Å². The number of H-pyrrole nitrogens is 1. The second kappa shape index (κ2) is 13.0. The summed E-state index contributed by atoms with van der Waals surface area (Å²) in [6, 6.07) is 4.86. The van der Waals surface area contributed by atoms with Crippen molar-refractivity contribution in [2.24, 2.45) is 0 Å². The summed E-state index contributed by atoms with van der Waals surface area (Å²) in [6.45, 7) is 0.231. The van der Waals surface area contributed by atoms with E-state index in [0.29, 0.717) is 11.4 Å². The summed E-state index contributed by atoms with van der Waals surface area (Å²) in [7, 11) is 0. The quantitative estimate of drug-likeness (QED) is 0.191. The number of carbonyl (C=O) groups excluding carboxylic acids is 1. The van der Waals surface area contributed by atoms with Crippen molar-refractivity contribution in [2.75, 3.05) is 11.1 Å². The Morgan fingerprint density at radius 2 is 1.79 bits per heavy atom. The van der Waals surface area contributed by atoms with Crippen LogP contribution in [0.2, 0.25) is 0 Å². The van der Waals surface area contributed by atoms with Crippen LogP contribution in [0.25, 0.3) is 11.2 Å². The van der Waals surface area contributed by atoms with Gasteiger partial charge in [0.2, 0.25) is 5.95 Å². The summed E-state index contributed by atoms with van der Waals surface area (Å²) < 4.78 is 0. The third-order valence-electron chi connectivity index (χ3n) is 4.36. The molecule has 3 rings (SSSR count). The molecule has 0 aliphatic rings. The summed E-state index contributed by atoms with van der Waals surface area (Å²) in [4.78, 5) is 60.5. The van der Waals surface area contributed by atoms with Crippen LogP contribution in [0.4, 0.5) is 11.6 Å². The second-order valence-corrected chi connectivity index (χ2v) is 6.71. The summed E-state index contributed by atoms with van der Waals surface area (Å²) in [5.74, 6) is -3.16. The average molecular weight is 529 g/mol. The van der Waals surface area contributed by atoms with Crippen molar-refractivity contribution < 1.29 is 41.7 Å². The summed E-state index contributed by atoms with van der Waals surface area (Å²) >= 11 is 0. The Morgan fingerprint density at radius 3 is 2.41 bits per heavy atom. The molecule has 0 unspecified atom stereocenters. The molecule has 15 heteroatoms. The monoisotopic (exact) mass is 528 g/mol. The van der Waals surface area contributed by atoms with Gasteiger partial charge in [0, 0.05) is 34.7 Å². The zero-order chi connectivity index (χ0) is 23.3. The molecule has 7 N–H and O–H groups in total. The number of carbonyl (C=O) groups is 3. The maximum absolute atomic E-state index is 12.3. The molecule has 0 fully saturated rings. The Kier molecular flexibility index (Phi) is 11.1. The van der Waals surface area contributed by atoms with Crippen LogP contribution < -0.4 is 21.9 Å². The number of nitrogens with zero attached hydrogens (tertiary/aromatic N) is 3. The van der Waals surface area contributed by atoms with Crippen molar-refractivity contribution in [2.45, 2.75) is 25.4 Å². The number of anilines is 2. The normalized spacial score (nSPS) is 10.9. The maximum atomic E-state index is 12.3. The van der Waals surface area contributed by atoms with Gasteiger partial charge >= 0.3 is 47.1 Å². The van der Waals surface area contributed by atoms with Crippen molar-refractivity contribution in [1.29, 1.82) is 0 Å². The first-order chi connectivity index (χ1) is 15.2. The molecule has 3 aromatic rings. The van der Waals surface area contributed by atoms with E-state index >= 15 is 0 Å². The third kappa shape index (κ3) is 7.78. The van der Waals surface area contributed by atoms with Crippen LogP contribution in [-0.4, -0.2) is 83.6 Å². The fourth-order valence-electron chi connectivity index (χ4n) is 2.76. The molecule has 2 heterocycles. The minimum atomic E-state index is -1.31. The zero-order valence-corrected chi connectivity index (χ0v) is 17.8. The van der Waals surface area contributed by atoms with Crippen molar-refractivity contribution >= 4 is 70.2 Å². The molecule has 1 radical (unpaired) electrons. The van der Waals surface area contributed by atoms with E-state index in [1.165, 1.54) is 18.3 Å². The molecule has 1 aromatic carbocycles. The second-order valence-electron chi connectivity index (χ2n) is 6.71. The minimum absolute atomic E-state index is 0. The molecular formula is C19H20CuN7NaO6. The van der Waals surface area contributed by atoms with Crippen LogP contribution in [0.3, 0.4) is 0 Å². The van der Waals surface area contributed by atoms with E-state index in [9.17, 15) is 19.2 Å². The third-order valence-corrected chi connectivity index (χ3v) is 4.36. The predicted octanol–water partition coefficient (Wildman–Crippen LogP) is -0.696. The van der Waals surface area contributed by atoms with E-state index in [1.807, 2.05) is 0 Å². The number of hydrogen-bond donors (Lipinski definition) is 6. The van der Waals surface area contributed by atoms with Crippen LogP contribution in [0, 0.1) is 0 Å². The van der Waals surface area contributed by atoms with Gasteiger partial charge in [0.05, 0.1) is 18.4 Å². The number of aromatic nitrogens is 4. The van der Waals surface area contributed by atoms with Crippen molar-refractivity contribution in [3.63, 3.8) is 0 Å². The number of carboxylic acid groups (broad SMARTS) is 2. The van der Waals surface area contributed by atoms with Crippen LogP contribution in [0.5, 0.6) is 0 Å². The number of nitrogens with two attached hydrogens (primary N) is 1. The molecule has 0 aliphatic carbocycles. The number of benzene rings is 1. The van der Waals surface area contributed by atoms with E-state index in [-0.39, 0.29) is 88.7 Å². The average Bonchev–Trinajstić information content (AvgIpc) is 2.75. The molecule has 179 valence electrons. The molecule has 0 bridgehead atoms. The number of rotatable bonds is 9. The van der Waals surface area contributed by atoms with Gasteiger partial charge < -0.3 is 31.6 Å². The number of aromatic amines is 1. The van der Waals surface area contributed by atoms with Gasteiger partial charge in [-0.1, -0.05) is 0 Å². The van der Waals surface area contributed by atoms with Gasteiger partial charge in [-0.3, -0.25) is 14.4 Å². The molecule has 0 spiro atoms. The van der Waals surface area contributed by atoms with E-state index < -0.39 is 29.4 Å². The summed E-state index contributed by atoms with van der Waals surface area (Å²) in [5, 5.41) is 23.2. The molecule has 0 saturated carbocycles. The van der Waals surface area contributed by atoms with E-state index in [0.717, 1.165) is 0 Å². The molecule has 1 amide bonds. The van der Waals surface area contributed by atoms with Crippen LogP contribution in [0.15, 0.2) is 35.3 Å². The summed E-state index contributed by atoms with van der Waals surface area (Å²) in [6.07, 6.45) is 0.858. The van der Waals surface area contributed by atoms with Crippen LogP contribution in [-0.2, 0) is 33.2 Å². The fraction of sp³-hybridized carbons (Fsp3) is 0.211. The molecule has 13 nitrogen and oxygen atoms in total. The van der Waals surface area contributed by atoms with Crippen molar-refractivity contribution in [3.05, 3.63) is 52.1 Å². The number of aliphatic carboxylic acids is 2. The predicted molar refractivity (Wildman–Crippen MR) is 119 cm³/mol. The first-order valence-electron chi connectivity index (χ1n) is 9.33. The van der Waals surface area contributed by atoms with E-state index in [1.54, 1.807) is 12.1 Å². The number of amides is 1. The number of hydrogen-bond acceptors (Lipinski definition) is 9. The van der Waals surface area contributed by atoms with Gasteiger partial charge in [0.15, 0.2) is 11.2 Å². The molecule has 34 heavy (non-hydrogen) atoms. The number of nitrogens with one attached hydrogen (secondary N) is 3. The molecule has 2 aromatic heterocycles. The van der Waals surface area contributed by atoms with Gasteiger partial charge in [-0.15, -0.1) is 0 Å². The van der Waals surface area contributed by atoms with Gasteiger partial charge in [0.1, 0.15) is 6.04 Å². The topological polar surface area (TPSA) is 213 Å². The Morgan fingerprint density at radius 1 is 1.12 bits per heavy atom. The Hall–Kier alpha value is -3.03. The van der Waals surface area contributed by atoms with Gasteiger partial charge in [-0.05, 0) is 30.7 Å². The van der Waals surface area contributed by atoms with Crippen LogP contribution >= 0.6 is 0 Å². The van der Waals surface area contributed by atoms with Gasteiger partial charge in [0.25, 0.3) is 5.91 Å². The van der Waals surface area contributed by atoms with E-state index in [4.69, 9.17) is 15.9 Å². The summed E-state index contributed by atoms with van der Waals surface area (Å²) in [5.41, 5.74) is 6.47. The van der Waals surface area contributed by atoms with Crippen LogP contribution in [0.1, 0.15) is 28.9 Å². The molecule has 1 atom stereocenters. The number of fused-ring (bicyclic) bond motifs is 1. The SMILES string of the molecule is Nc1nc(=O)c2nc(CNc3ccc(C(=O)N[C@@H](CCC(=O)O)C(=O)O)cc3)cnc2[nH]1.[Cu].[NaH]. The van der Waals surface area contributed by atoms with Gasteiger partial charge in [-0.25, -0.2) is 14.8 Å². The fourth-order valence-corrected chi connectivity index (χ4v) is 2.76. The Balaban J connectivity index is 0.00000289. The Bertz CT molecular complexity index is 1240. The first kappa shape index (κ1) is 29.0. The molecule has 0 saturated heterocycles. The standard InChI is InChI=1S/C19H19N7O6.Cu.Na.H/c20-19-25-15-14(17(30)26-19)23-11(8-22-15)7-21-10-3-1-9(2-4-10)16(29)24-12(18(31)32)5-6-13(27)28;;;/h1-4,8,12,21H,5-7H2,(H,24,29)(H,27,28)(H,31,32)(H3,20,22,25,26,30);;;/t12-;;;/m0.../s1. The van der Waals surface area contributed by atoms with Crippen molar-refractivity contribution in [3.8, 4) is 0 Å². The van der Waals surface area contributed by atoms with Crippen molar-refractivity contribution in [1.82, 2.24) is 25.3 Å².